The molecule has 1 heterocycles. The van der Waals surface area contributed by atoms with Crippen molar-refractivity contribution in [3.63, 3.8) is 0 Å². The van der Waals surface area contributed by atoms with Crippen molar-refractivity contribution in [3.8, 4) is 0 Å². The molecule has 0 N–H and O–H groups in total. The van der Waals surface area contributed by atoms with Crippen LogP contribution in [0, 0.1) is 0 Å². The van der Waals surface area contributed by atoms with Crippen LogP contribution in [0.3, 0.4) is 0 Å². The fourth-order valence-electron chi connectivity index (χ4n) is 2.00. The van der Waals surface area contributed by atoms with Gasteiger partial charge in [0, 0.05) is 11.7 Å². The zero-order chi connectivity index (χ0) is 13.1. The summed E-state index contributed by atoms with van der Waals surface area (Å²) in [6.07, 6.45) is 1.94. The Morgan fingerprint density at radius 2 is 2.11 bits per heavy atom. The van der Waals surface area contributed by atoms with Gasteiger partial charge in [0.1, 0.15) is 0 Å². The molecule has 1 amide bonds. The van der Waals surface area contributed by atoms with E-state index in [0.29, 0.717) is 0 Å². The van der Waals surface area contributed by atoms with E-state index in [0.717, 1.165) is 28.0 Å². The van der Waals surface area contributed by atoms with Gasteiger partial charge < -0.3 is 0 Å². The number of hydrogen-bond acceptors (Lipinski definition) is 3. The van der Waals surface area contributed by atoms with Crippen LogP contribution in [0.5, 0.6) is 0 Å². The van der Waals surface area contributed by atoms with Gasteiger partial charge in [0.2, 0.25) is 0 Å². The first-order valence-electron chi connectivity index (χ1n) is 6.01. The molecular weight excluding hydrogens is 246 g/mol. The molecule has 18 heavy (non-hydrogen) atoms. The highest BCUT2D eigenvalue weighted by Gasteiger charge is 2.20. The van der Waals surface area contributed by atoms with Crippen LogP contribution < -0.4 is 0 Å². The van der Waals surface area contributed by atoms with Crippen LogP contribution in [-0.2, 0) is 11.3 Å². The summed E-state index contributed by atoms with van der Waals surface area (Å²) in [6, 6.07) is 8.16. The zero-order valence-corrected chi connectivity index (χ0v) is 11.7. The first-order chi connectivity index (χ1) is 8.69. The lowest BCUT2D eigenvalue weighted by Crippen LogP contribution is -2.25. The summed E-state index contributed by atoms with van der Waals surface area (Å²) in [7, 11) is 3.15. The summed E-state index contributed by atoms with van der Waals surface area (Å²) >= 11 is 1.54. The third kappa shape index (κ3) is 2.26. The maximum Gasteiger partial charge on any atom is 0.287 e. The molecule has 2 aromatic rings. The van der Waals surface area contributed by atoms with Gasteiger partial charge in [-0.3, -0.25) is 9.63 Å². The number of carbonyl (C=O) groups excluding carboxylic acids is 1. The highest BCUT2D eigenvalue weighted by atomic mass is 32.1. The number of rotatable bonds is 4. The maximum absolute atomic E-state index is 12.3. The lowest BCUT2D eigenvalue weighted by Gasteiger charge is -2.13. The van der Waals surface area contributed by atoms with Crippen molar-refractivity contribution in [2.24, 2.45) is 0 Å². The number of nitrogens with zero attached hydrogens (tertiary/aromatic N) is 1. The van der Waals surface area contributed by atoms with E-state index in [1.807, 2.05) is 12.1 Å². The average Bonchev–Trinajstić information content (AvgIpc) is 2.76. The Morgan fingerprint density at radius 3 is 2.78 bits per heavy atom. The molecule has 0 bridgehead atoms. The number of benzene rings is 1. The second-order valence-electron chi connectivity index (χ2n) is 4.14. The molecule has 4 heteroatoms. The predicted octanol–water partition coefficient (Wildman–Crippen LogP) is 3.49. The molecule has 0 spiro atoms. The van der Waals surface area contributed by atoms with Crippen LogP contribution in [0.2, 0.25) is 0 Å². The smallest absolute Gasteiger partial charge is 0.274 e. The van der Waals surface area contributed by atoms with Crippen molar-refractivity contribution in [2.45, 2.75) is 19.8 Å². The van der Waals surface area contributed by atoms with Gasteiger partial charge in [0.25, 0.3) is 5.91 Å². The standard InChI is InChI=1S/C14H17NO2S/c1-4-7-11-10-8-5-6-9-12(10)18-13(11)14(16)15(2)17-3/h5-6,8-9H,4,7H2,1-3H3. The van der Waals surface area contributed by atoms with Crippen molar-refractivity contribution in [1.82, 2.24) is 5.06 Å². The van der Waals surface area contributed by atoms with Crippen molar-refractivity contribution in [2.75, 3.05) is 14.2 Å². The first-order valence-corrected chi connectivity index (χ1v) is 6.83. The normalized spacial score (nSPS) is 10.8. The molecule has 0 aliphatic heterocycles. The SMILES string of the molecule is CCCc1c(C(=O)N(C)OC)sc2ccccc12. The Hall–Kier alpha value is -1.39. The summed E-state index contributed by atoms with van der Waals surface area (Å²) in [5, 5.41) is 2.47. The zero-order valence-electron chi connectivity index (χ0n) is 10.9. The van der Waals surface area contributed by atoms with Crippen LogP contribution >= 0.6 is 11.3 Å². The number of hydrogen-bond donors (Lipinski definition) is 0. The molecule has 0 fully saturated rings. The highest BCUT2D eigenvalue weighted by Crippen LogP contribution is 2.32. The van der Waals surface area contributed by atoms with Crippen molar-refractivity contribution >= 4 is 27.3 Å². The largest absolute Gasteiger partial charge is 0.287 e. The maximum atomic E-state index is 12.3. The first kappa shape index (κ1) is 13.1. The number of thiophene rings is 1. The third-order valence-corrected chi connectivity index (χ3v) is 4.15. The molecule has 3 nitrogen and oxygen atoms in total. The number of carbonyl (C=O) groups is 1. The molecule has 0 unspecified atom stereocenters. The molecule has 0 radical (unpaired) electrons. The Labute approximate surface area is 111 Å². The Morgan fingerprint density at radius 1 is 1.39 bits per heavy atom. The van der Waals surface area contributed by atoms with Crippen LogP contribution in [0.15, 0.2) is 24.3 Å². The van der Waals surface area contributed by atoms with Gasteiger partial charge in [-0.15, -0.1) is 11.3 Å². The monoisotopic (exact) mass is 263 g/mol. The van der Waals surface area contributed by atoms with E-state index < -0.39 is 0 Å². The lowest BCUT2D eigenvalue weighted by atomic mass is 10.1. The second kappa shape index (κ2) is 5.50. The number of fused-ring (bicyclic) bond motifs is 1. The minimum absolute atomic E-state index is 0.0675. The van der Waals surface area contributed by atoms with E-state index in [-0.39, 0.29) is 5.91 Å². The van der Waals surface area contributed by atoms with Crippen LogP contribution in [0.1, 0.15) is 28.6 Å². The van der Waals surface area contributed by atoms with Gasteiger partial charge in [0.15, 0.2) is 0 Å². The van der Waals surface area contributed by atoms with E-state index in [9.17, 15) is 4.79 Å². The van der Waals surface area contributed by atoms with Gasteiger partial charge in [-0.05, 0) is 23.4 Å². The van der Waals surface area contributed by atoms with Gasteiger partial charge in [-0.25, -0.2) is 5.06 Å². The Kier molecular flexibility index (Phi) is 3.99. The van der Waals surface area contributed by atoms with Crippen LogP contribution in [0.4, 0.5) is 0 Å². The summed E-state index contributed by atoms with van der Waals surface area (Å²) < 4.78 is 1.16. The van der Waals surface area contributed by atoms with Gasteiger partial charge in [-0.1, -0.05) is 31.5 Å². The van der Waals surface area contributed by atoms with Crippen molar-refractivity contribution < 1.29 is 9.63 Å². The fraction of sp³-hybridized carbons (Fsp3) is 0.357. The predicted molar refractivity (Wildman–Crippen MR) is 74.9 cm³/mol. The molecule has 1 aromatic carbocycles. The second-order valence-corrected chi connectivity index (χ2v) is 5.19. The van der Waals surface area contributed by atoms with E-state index in [1.54, 1.807) is 18.4 Å². The molecule has 0 saturated heterocycles. The summed E-state index contributed by atoms with van der Waals surface area (Å²) in [6.45, 7) is 2.13. The molecule has 1 aromatic heterocycles. The summed E-state index contributed by atoms with van der Waals surface area (Å²) in [4.78, 5) is 18.0. The topological polar surface area (TPSA) is 29.5 Å². The van der Waals surface area contributed by atoms with Gasteiger partial charge in [0.05, 0.1) is 12.0 Å². The van der Waals surface area contributed by atoms with Gasteiger partial charge >= 0.3 is 0 Å². The van der Waals surface area contributed by atoms with Crippen molar-refractivity contribution in [3.05, 3.63) is 34.7 Å². The number of hydroxylamine groups is 2. The summed E-state index contributed by atoms with van der Waals surface area (Å²) in [5.41, 5.74) is 1.15. The Bertz CT molecular complexity index is 562. The van der Waals surface area contributed by atoms with E-state index in [2.05, 4.69) is 19.1 Å². The molecule has 0 aliphatic rings. The number of amides is 1. The lowest BCUT2D eigenvalue weighted by molar-refractivity contribution is -0.0754. The molecule has 2 rings (SSSR count). The average molecular weight is 263 g/mol. The molecule has 0 aliphatic carbocycles. The third-order valence-electron chi connectivity index (χ3n) is 2.95. The van der Waals surface area contributed by atoms with Crippen molar-refractivity contribution in [1.29, 1.82) is 0 Å². The molecule has 0 saturated carbocycles. The quantitative estimate of drug-likeness (QED) is 0.790. The molecular formula is C14H17NO2S. The van der Waals surface area contributed by atoms with E-state index in [1.165, 1.54) is 17.6 Å². The molecule has 0 atom stereocenters. The Balaban J connectivity index is 2.55. The molecule has 96 valence electrons. The summed E-state index contributed by atoms with van der Waals surface area (Å²) in [5.74, 6) is -0.0675. The highest BCUT2D eigenvalue weighted by molar-refractivity contribution is 7.21. The van der Waals surface area contributed by atoms with Gasteiger partial charge in [-0.2, -0.15) is 0 Å². The van der Waals surface area contributed by atoms with E-state index in [4.69, 9.17) is 4.84 Å². The minimum Gasteiger partial charge on any atom is -0.274 e. The van der Waals surface area contributed by atoms with Crippen LogP contribution in [-0.4, -0.2) is 25.1 Å². The minimum atomic E-state index is -0.0675. The van der Waals surface area contributed by atoms with E-state index >= 15 is 0 Å². The fourth-order valence-corrected chi connectivity index (χ4v) is 3.21. The van der Waals surface area contributed by atoms with Crippen LogP contribution in [0.25, 0.3) is 10.1 Å². The number of aryl methyl sites for hydroxylation is 1.